The van der Waals surface area contributed by atoms with Gasteiger partial charge in [0.2, 0.25) is 5.91 Å². The van der Waals surface area contributed by atoms with Crippen LogP contribution in [0.4, 0.5) is 0 Å². The van der Waals surface area contributed by atoms with Crippen molar-refractivity contribution in [1.82, 2.24) is 25.2 Å². The first-order valence-electron chi connectivity index (χ1n) is 10.7. The molecule has 182 valence electrons. The summed E-state index contributed by atoms with van der Waals surface area (Å²) in [4.78, 5) is 13.3. The second-order valence-electron chi connectivity index (χ2n) is 7.86. The van der Waals surface area contributed by atoms with Gasteiger partial charge in [0.1, 0.15) is 0 Å². The number of nitrogens with zero attached hydrogens (tertiary/aromatic N) is 4. The zero-order valence-electron chi connectivity index (χ0n) is 19.2. The van der Waals surface area contributed by atoms with Crippen molar-refractivity contribution >= 4 is 15.7 Å². The van der Waals surface area contributed by atoms with Gasteiger partial charge in [0.25, 0.3) is 0 Å². The topological polar surface area (TPSA) is 125 Å². The zero-order valence-corrected chi connectivity index (χ0v) is 20.0. The number of rotatable bonds is 16. The molecular weight excluding hydrogens is 438 g/mol. The lowest BCUT2D eigenvalue weighted by Crippen LogP contribution is -2.53. The molecule has 0 aliphatic carbocycles. The van der Waals surface area contributed by atoms with E-state index in [0.29, 0.717) is 77.9 Å². The highest BCUT2D eigenvalue weighted by Crippen LogP contribution is 2.18. The molecule has 11 nitrogen and oxygen atoms in total. The first kappa shape index (κ1) is 26.4. The molecule has 32 heavy (non-hydrogen) atoms. The van der Waals surface area contributed by atoms with E-state index < -0.39 is 9.84 Å². The van der Waals surface area contributed by atoms with Gasteiger partial charge in [-0.2, -0.15) is 0 Å². The highest BCUT2D eigenvalue weighted by Gasteiger charge is 2.34. The maximum atomic E-state index is 11.5. The van der Waals surface area contributed by atoms with Crippen molar-refractivity contribution in [2.24, 2.45) is 0 Å². The Labute approximate surface area is 190 Å². The Morgan fingerprint density at radius 3 is 2.31 bits per heavy atom. The van der Waals surface area contributed by atoms with Crippen LogP contribution >= 0.6 is 0 Å². The molecule has 1 aromatic rings. The normalized spacial score (nSPS) is 15.0. The van der Waals surface area contributed by atoms with Gasteiger partial charge in [0, 0.05) is 38.0 Å². The number of carbonyl (C=O) groups excluding carboxylic acids is 1. The summed E-state index contributed by atoms with van der Waals surface area (Å²) in [7, 11) is -2.96. The predicted molar refractivity (Wildman–Crippen MR) is 119 cm³/mol. The summed E-state index contributed by atoms with van der Waals surface area (Å²) in [5, 5.41) is 10.8. The van der Waals surface area contributed by atoms with Crippen LogP contribution in [0.3, 0.4) is 0 Å². The molecule has 0 bridgehead atoms. The van der Waals surface area contributed by atoms with Gasteiger partial charge < -0.3 is 19.5 Å². The molecule has 0 atom stereocenters. The number of hydrogen-bond acceptors (Lipinski definition) is 9. The summed E-state index contributed by atoms with van der Waals surface area (Å²) in [6, 6.07) is 0. The summed E-state index contributed by atoms with van der Waals surface area (Å²) >= 11 is 0. The van der Waals surface area contributed by atoms with Crippen molar-refractivity contribution in [3.05, 3.63) is 23.5 Å². The van der Waals surface area contributed by atoms with Crippen molar-refractivity contribution in [1.29, 1.82) is 0 Å². The van der Waals surface area contributed by atoms with Gasteiger partial charge in [-0.3, -0.25) is 9.69 Å². The molecule has 0 spiro atoms. The molecule has 0 unspecified atom stereocenters. The standard InChI is InChI=1S/C20H35N5O6S/c1-16(2)20(26)21-5-7-29-9-11-31-12-10-30-8-6-25-17(3)19(22-23-25)15-24-13-18(14-24)32(4,27)28/h18H,1,5-15H2,2-4H3,(H,21,26). The van der Waals surface area contributed by atoms with Gasteiger partial charge in [-0.05, 0) is 13.8 Å². The highest BCUT2D eigenvalue weighted by molar-refractivity contribution is 7.91. The van der Waals surface area contributed by atoms with Crippen LogP contribution in [-0.2, 0) is 41.9 Å². The molecule has 1 aromatic heterocycles. The predicted octanol–water partition coefficient (Wildman–Crippen LogP) is -0.443. The number of sulfone groups is 1. The Balaban J connectivity index is 1.46. The number of aromatic nitrogens is 3. The van der Waals surface area contributed by atoms with Crippen LogP contribution in [0.1, 0.15) is 18.3 Å². The fraction of sp³-hybridized carbons (Fsp3) is 0.750. The molecule has 0 radical (unpaired) electrons. The van der Waals surface area contributed by atoms with Gasteiger partial charge in [-0.15, -0.1) is 5.10 Å². The number of amides is 1. The maximum absolute atomic E-state index is 11.5. The number of ether oxygens (including phenoxy) is 3. The van der Waals surface area contributed by atoms with Gasteiger partial charge in [0.05, 0.1) is 62.8 Å². The SMILES string of the molecule is C=C(C)C(=O)NCCOCCOCCOCCn1nnc(CN2CC(S(C)(=O)=O)C2)c1C. The molecule has 1 fully saturated rings. The monoisotopic (exact) mass is 473 g/mol. The van der Waals surface area contributed by atoms with Crippen LogP contribution in [0.15, 0.2) is 12.2 Å². The van der Waals surface area contributed by atoms with Gasteiger partial charge in [0.15, 0.2) is 9.84 Å². The van der Waals surface area contributed by atoms with Crippen LogP contribution in [0, 0.1) is 6.92 Å². The Kier molecular flexibility index (Phi) is 10.7. The lowest BCUT2D eigenvalue weighted by Gasteiger charge is -2.37. The Hall–Kier alpha value is -1.86. The summed E-state index contributed by atoms with van der Waals surface area (Å²) in [5.74, 6) is -0.168. The van der Waals surface area contributed by atoms with E-state index >= 15 is 0 Å². The van der Waals surface area contributed by atoms with E-state index in [1.54, 1.807) is 11.6 Å². The van der Waals surface area contributed by atoms with Crippen molar-refractivity contribution in [3.8, 4) is 0 Å². The maximum Gasteiger partial charge on any atom is 0.246 e. The van der Waals surface area contributed by atoms with E-state index in [2.05, 4.69) is 27.1 Å². The fourth-order valence-corrected chi connectivity index (χ4v) is 3.93. The lowest BCUT2D eigenvalue weighted by atomic mass is 10.2. The van der Waals surface area contributed by atoms with E-state index in [-0.39, 0.29) is 11.2 Å². The number of nitrogens with one attached hydrogen (secondary N) is 1. The van der Waals surface area contributed by atoms with Crippen molar-refractivity contribution in [3.63, 3.8) is 0 Å². The summed E-state index contributed by atoms with van der Waals surface area (Å²) in [5.41, 5.74) is 2.30. The third kappa shape index (κ3) is 8.94. The minimum atomic E-state index is -2.96. The first-order valence-corrected chi connectivity index (χ1v) is 12.6. The van der Waals surface area contributed by atoms with Gasteiger partial charge in [-0.1, -0.05) is 11.8 Å². The fourth-order valence-electron chi connectivity index (χ4n) is 2.97. The van der Waals surface area contributed by atoms with Crippen LogP contribution in [0.25, 0.3) is 0 Å². The Morgan fingerprint density at radius 2 is 1.72 bits per heavy atom. The summed E-state index contributed by atoms with van der Waals surface area (Å²) in [6.45, 7) is 12.7. The third-order valence-electron chi connectivity index (χ3n) is 5.09. The molecule has 2 heterocycles. The molecule has 1 saturated heterocycles. The molecule has 1 aliphatic heterocycles. The van der Waals surface area contributed by atoms with Gasteiger partial charge in [-0.25, -0.2) is 13.1 Å². The number of hydrogen-bond donors (Lipinski definition) is 1. The van der Waals surface area contributed by atoms with Crippen LogP contribution in [-0.4, -0.2) is 105 Å². The minimum Gasteiger partial charge on any atom is -0.377 e. The summed E-state index contributed by atoms with van der Waals surface area (Å²) < 4.78 is 41.2. The van der Waals surface area contributed by atoms with Crippen LogP contribution in [0.2, 0.25) is 0 Å². The van der Waals surface area contributed by atoms with Gasteiger partial charge >= 0.3 is 0 Å². The average Bonchev–Trinajstić information content (AvgIpc) is 3.03. The van der Waals surface area contributed by atoms with Crippen molar-refractivity contribution < 1.29 is 27.4 Å². The molecule has 1 N–H and O–H groups in total. The average molecular weight is 474 g/mol. The van der Waals surface area contributed by atoms with E-state index in [1.165, 1.54) is 6.26 Å². The Bertz CT molecular complexity index is 851. The molecule has 1 amide bonds. The largest absolute Gasteiger partial charge is 0.377 e. The third-order valence-corrected chi connectivity index (χ3v) is 6.60. The second kappa shape index (κ2) is 13.0. The minimum absolute atomic E-state index is 0.168. The second-order valence-corrected chi connectivity index (χ2v) is 10.2. The van der Waals surface area contributed by atoms with Crippen molar-refractivity contribution in [2.75, 3.05) is 65.5 Å². The molecule has 0 saturated carbocycles. The number of carbonyl (C=O) groups is 1. The molecule has 0 aromatic carbocycles. The van der Waals surface area contributed by atoms with E-state index in [0.717, 1.165) is 11.4 Å². The van der Waals surface area contributed by atoms with Crippen LogP contribution < -0.4 is 5.32 Å². The highest BCUT2D eigenvalue weighted by atomic mass is 32.2. The van der Waals surface area contributed by atoms with Crippen molar-refractivity contribution in [2.45, 2.75) is 32.2 Å². The number of likely N-dealkylation sites (tertiary alicyclic amines) is 1. The van der Waals surface area contributed by atoms with E-state index in [1.807, 2.05) is 6.92 Å². The van der Waals surface area contributed by atoms with E-state index in [9.17, 15) is 13.2 Å². The first-order chi connectivity index (χ1) is 15.2. The van der Waals surface area contributed by atoms with E-state index in [4.69, 9.17) is 14.2 Å². The zero-order chi connectivity index (χ0) is 23.6. The summed E-state index contributed by atoms with van der Waals surface area (Å²) in [6.07, 6.45) is 1.28. The molecule has 2 rings (SSSR count). The molecular formula is C20H35N5O6S. The quantitative estimate of drug-likeness (QED) is 0.251. The smallest absolute Gasteiger partial charge is 0.246 e. The Morgan fingerprint density at radius 1 is 1.12 bits per heavy atom. The molecule has 12 heteroatoms. The lowest BCUT2D eigenvalue weighted by molar-refractivity contribution is -0.117. The van der Waals surface area contributed by atoms with Crippen LogP contribution in [0.5, 0.6) is 0 Å². The molecule has 1 aliphatic rings.